The number of alkyl halides is 3. The van der Waals surface area contributed by atoms with Gasteiger partial charge in [0, 0.05) is 23.6 Å². The van der Waals surface area contributed by atoms with Crippen LogP contribution in [0.1, 0.15) is 40.6 Å². The molecule has 5 rings (SSSR count). The second-order valence-electron chi connectivity index (χ2n) is 8.33. The number of anilines is 3. The first-order valence-corrected chi connectivity index (χ1v) is 11.1. The second-order valence-corrected chi connectivity index (χ2v) is 8.33. The number of carbonyl (C=O) groups excluding carboxylic acids is 2. The molecule has 1 fully saturated rings. The minimum atomic E-state index is -4.72. The smallest absolute Gasteiger partial charge is 0.323 e. The molecule has 14 heteroatoms. The van der Waals surface area contributed by atoms with E-state index in [1.54, 1.807) is 22.9 Å². The Labute approximate surface area is 207 Å². The Morgan fingerprint density at radius 2 is 1.89 bits per heavy atom. The van der Waals surface area contributed by atoms with E-state index in [-0.39, 0.29) is 35.5 Å². The Hall–Kier alpha value is -4.75. The molecule has 3 heterocycles. The van der Waals surface area contributed by atoms with Gasteiger partial charge in [-0.15, -0.1) is 0 Å². The van der Waals surface area contributed by atoms with Crippen molar-refractivity contribution >= 4 is 29.2 Å². The molecule has 0 spiro atoms. The van der Waals surface area contributed by atoms with E-state index in [9.17, 15) is 22.8 Å². The fourth-order valence-electron chi connectivity index (χ4n) is 3.60. The van der Waals surface area contributed by atoms with Crippen molar-refractivity contribution < 1.29 is 32.0 Å². The number of halogens is 3. The fraction of sp³-hybridized carbons (Fsp3) is 0.217. The number of urea groups is 1. The predicted octanol–water partition coefficient (Wildman–Crippen LogP) is 3.85. The summed E-state index contributed by atoms with van der Waals surface area (Å²) in [5.74, 6) is -0.652. The number of imidazole rings is 1. The van der Waals surface area contributed by atoms with Gasteiger partial charge in [-0.3, -0.25) is 19.6 Å². The lowest BCUT2D eigenvalue weighted by Crippen LogP contribution is -2.35. The number of carbonyl (C=O) groups is 2. The molecule has 190 valence electrons. The number of pyridine rings is 1. The summed E-state index contributed by atoms with van der Waals surface area (Å²) < 4.78 is 48.7. The first-order chi connectivity index (χ1) is 17.7. The summed E-state index contributed by atoms with van der Waals surface area (Å²) in [7, 11) is 0. The molecule has 0 saturated heterocycles. The summed E-state index contributed by atoms with van der Waals surface area (Å²) in [5.41, 5.74) is -0.457. The lowest BCUT2D eigenvalue weighted by Gasteiger charge is -2.14. The number of benzene rings is 1. The number of rotatable bonds is 7. The normalized spacial score (nSPS) is 13.3. The second kappa shape index (κ2) is 9.72. The largest absolute Gasteiger partial charge is 0.416 e. The van der Waals surface area contributed by atoms with Crippen molar-refractivity contribution in [2.45, 2.75) is 31.6 Å². The molecule has 3 aromatic heterocycles. The minimum Gasteiger partial charge on any atom is -0.323 e. The molecule has 4 aromatic rings. The molecule has 3 amide bonds. The molecule has 0 bridgehead atoms. The lowest BCUT2D eigenvalue weighted by molar-refractivity contribution is -0.755. The SMILES string of the molecule is O=C(Nc1cc(NC(=O)c2cncn2C2CC2)cc(C(F)(F)F)c1)Nc1c[n+](Cc2ccccn2)no1. The minimum absolute atomic E-state index is 0.0396. The van der Waals surface area contributed by atoms with E-state index in [2.05, 4.69) is 31.2 Å². The van der Waals surface area contributed by atoms with Crippen molar-refractivity contribution in [3.05, 3.63) is 78.3 Å². The van der Waals surface area contributed by atoms with Crippen LogP contribution in [0.3, 0.4) is 0 Å². The van der Waals surface area contributed by atoms with Crippen LogP contribution in [0.5, 0.6) is 0 Å². The zero-order valence-electron chi connectivity index (χ0n) is 19.1. The van der Waals surface area contributed by atoms with Gasteiger partial charge in [0.2, 0.25) is 11.8 Å². The summed E-state index contributed by atoms with van der Waals surface area (Å²) in [6.45, 7) is 0.282. The van der Waals surface area contributed by atoms with Gasteiger partial charge in [0.15, 0.2) is 0 Å². The molecule has 1 aliphatic rings. The molecule has 3 N–H and O–H groups in total. The average molecular weight is 513 g/mol. The molecule has 0 radical (unpaired) electrons. The van der Waals surface area contributed by atoms with Gasteiger partial charge in [-0.25, -0.2) is 9.78 Å². The Balaban J connectivity index is 1.28. The Bertz CT molecular complexity index is 1430. The van der Waals surface area contributed by atoms with Gasteiger partial charge in [-0.05, 0) is 47.9 Å². The van der Waals surface area contributed by atoms with E-state index in [1.165, 1.54) is 29.5 Å². The highest BCUT2D eigenvalue weighted by molar-refractivity contribution is 6.04. The highest BCUT2D eigenvalue weighted by Gasteiger charge is 2.32. The average Bonchev–Trinajstić information content (AvgIpc) is 3.40. The highest BCUT2D eigenvalue weighted by atomic mass is 19.4. The third-order valence-electron chi connectivity index (χ3n) is 5.41. The Morgan fingerprint density at radius 3 is 2.59 bits per heavy atom. The van der Waals surface area contributed by atoms with Gasteiger partial charge < -0.3 is 15.2 Å². The van der Waals surface area contributed by atoms with Crippen molar-refractivity contribution in [2.24, 2.45) is 0 Å². The molecule has 1 saturated carbocycles. The summed E-state index contributed by atoms with van der Waals surface area (Å²) >= 11 is 0. The number of amides is 3. The van der Waals surface area contributed by atoms with Crippen LogP contribution in [0.15, 0.2) is 65.8 Å². The highest BCUT2D eigenvalue weighted by Crippen LogP contribution is 2.36. The number of nitrogens with one attached hydrogen (secondary N) is 3. The van der Waals surface area contributed by atoms with Crippen LogP contribution < -0.4 is 20.6 Å². The van der Waals surface area contributed by atoms with E-state index < -0.39 is 23.7 Å². The van der Waals surface area contributed by atoms with Crippen molar-refractivity contribution in [3.8, 4) is 0 Å². The first kappa shape index (κ1) is 24.0. The quantitative estimate of drug-likeness (QED) is 0.322. The van der Waals surface area contributed by atoms with Crippen molar-refractivity contribution in [3.63, 3.8) is 0 Å². The zero-order valence-corrected chi connectivity index (χ0v) is 19.1. The van der Waals surface area contributed by atoms with Crippen LogP contribution in [0.25, 0.3) is 0 Å². The lowest BCUT2D eigenvalue weighted by atomic mass is 10.1. The van der Waals surface area contributed by atoms with Gasteiger partial charge in [-0.1, -0.05) is 6.07 Å². The molecule has 0 unspecified atom stereocenters. The summed E-state index contributed by atoms with van der Waals surface area (Å²) in [6, 6.07) is 7.40. The molecule has 11 nitrogen and oxygen atoms in total. The van der Waals surface area contributed by atoms with Gasteiger partial charge in [-0.2, -0.15) is 13.2 Å². The van der Waals surface area contributed by atoms with Gasteiger partial charge in [0.25, 0.3) is 12.1 Å². The van der Waals surface area contributed by atoms with Crippen LogP contribution in [0.4, 0.5) is 35.2 Å². The third kappa shape index (κ3) is 5.91. The fourth-order valence-corrected chi connectivity index (χ4v) is 3.60. The summed E-state index contributed by atoms with van der Waals surface area (Å²) in [5, 5.41) is 10.9. The molecule has 37 heavy (non-hydrogen) atoms. The predicted molar refractivity (Wildman–Crippen MR) is 123 cm³/mol. The maximum atomic E-state index is 13.5. The van der Waals surface area contributed by atoms with Crippen LogP contribution in [-0.2, 0) is 12.7 Å². The maximum Gasteiger partial charge on any atom is 0.416 e. The third-order valence-corrected chi connectivity index (χ3v) is 5.41. The van der Waals surface area contributed by atoms with Crippen molar-refractivity contribution in [2.75, 3.05) is 16.0 Å². The molecular weight excluding hydrogens is 493 g/mol. The van der Waals surface area contributed by atoms with E-state index in [0.717, 1.165) is 25.0 Å². The summed E-state index contributed by atoms with van der Waals surface area (Å²) in [4.78, 5) is 33.3. The van der Waals surface area contributed by atoms with Crippen LogP contribution >= 0.6 is 0 Å². The Kier molecular flexibility index (Phi) is 6.29. The van der Waals surface area contributed by atoms with Crippen molar-refractivity contribution in [1.29, 1.82) is 0 Å². The number of aromatic nitrogens is 5. The molecule has 1 aromatic carbocycles. The molecule has 0 aliphatic heterocycles. The zero-order chi connectivity index (χ0) is 26.0. The summed E-state index contributed by atoms with van der Waals surface area (Å²) in [6.07, 6.45) is 2.97. The Morgan fingerprint density at radius 1 is 1.11 bits per heavy atom. The molecule has 1 aliphatic carbocycles. The van der Waals surface area contributed by atoms with E-state index in [1.807, 2.05) is 6.07 Å². The standard InChI is InChI=1S/C23H19F3N8O3/c24-23(25,26)14-7-16(29-21(35)19-10-27-13-34(19)18-4-5-18)9-17(8-14)30-22(36)31-20-12-33(32-37-20)11-15-3-1-2-6-28-15/h1-3,6-10,12-13,18H,4-5,11H2,(H2-,29,30,31,32,35,36)/p+1. The van der Waals surface area contributed by atoms with Gasteiger partial charge in [0.05, 0.1) is 18.1 Å². The van der Waals surface area contributed by atoms with Gasteiger partial charge >= 0.3 is 18.1 Å². The van der Waals surface area contributed by atoms with E-state index >= 15 is 0 Å². The number of nitrogens with zero attached hydrogens (tertiary/aromatic N) is 5. The van der Waals surface area contributed by atoms with Crippen molar-refractivity contribution in [1.82, 2.24) is 19.8 Å². The van der Waals surface area contributed by atoms with Gasteiger partial charge in [0.1, 0.15) is 11.4 Å². The molecule has 0 atom stereocenters. The first-order valence-electron chi connectivity index (χ1n) is 11.1. The molecular formula is C23H20F3N8O3+. The topological polar surface area (TPSA) is 131 Å². The van der Waals surface area contributed by atoms with E-state index in [0.29, 0.717) is 5.69 Å². The number of hydrogen-bond acceptors (Lipinski definition) is 6. The van der Waals surface area contributed by atoms with E-state index in [4.69, 9.17) is 4.52 Å². The monoisotopic (exact) mass is 513 g/mol. The van der Waals surface area contributed by atoms with Crippen LogP contribution in [0.2, 0.25) is 0 Å². The number of hydrogen-bond donors (Lipinski definition) is 3. The van der Waals surface area contributed by atoms with Crippen LogP contribution in [0, 0.1) is 0 Å². The van der Waals surface area contributed by atoms with Crippen LogP contribution in [-0.4, -0.2) is 31.7 Å². The maximum absolute atomic E-state index is 13.5.